The average molecular weight is 413 g/mol. The fourth-order valence-corrected chi connectivity index (χ4v) is 4.34. The van der Waals surface area contributed by atoms with E-state index in [4.69, 9.17) is 28.4 Å². The summed E-state index contributed by atoms with van der Waals surface area (Å²) in [6, 6.07) is 5.91. The van der Waals surface area contributed by atoms with Crippen molar-refractivity contribution in [2.45, 2.75) is 19.2 Å². The number of fused-ring (bicyclic) bond motifs is 4. The minimum Gasteiger partial charge on any atom is -0.496 e. The van der Waals surface area contributed by atoms with Crippen LogP contribution in [0.3, 0.4) is 0 Å². The number of nitrogens with zero attached hydrogens (tertiary/aromatic N) is 1. The molecule has 1 atom stereocenters. The predicted molar refractivity (Wildman–Crippen MR) is 114 cm³/mol. The Labute approximate surface area is 176 Å². The molecule has 160 valence electrons. The summed E-state index contributed by atoms with van der Waals surface area (Å²) in [4.78, 5) is 2.23. The Hall–Kier alpha value is -3.06. The third-order valence-corrected chi connectivity index (χ3v) is 5.81. The molecule has 0 N–H and O–H groups in total. The highest BCUT2D eigenvalue weighted by Gasteiger charge is 2.36. The highest BCUT2D eigenvalue weighted by Crippen LogP contribution is 2.48. The summed E-state index contributed by atoms with van der Waals surface area (Å²) in [5.74, 6) is 3.48. The number of hydrogen-bond donors (Lipinski definition) is 0. The molecule has 0 aliphatic carbocycles. The van der Waals surface area contributed by atoms with E-state index in [-0.39, 0.29) is 6.23 Å². The third kappa shape index (κ3) is 3.01. The second-order valence-corrected chi connectivity index (χ2v) is 7.12. The van der Waals surface area contributed by atoms with Crippen LogP contribution in [0.15, 0.2) is 18.2 Å². The summed E-state index contributed by atoms with van der Waals surface area (Å²) in [7, 11) is 9.96. The van der Waals surface area contributed by atoms with Crippen LogP contribution in [0.2, 0.25) is 0 Å². The second kappa shape index (κ2) is 7.99. The first kappa shape index (κ1) is 20.2. The van der Waals surface area contributed by atoms with Gasteiger partial charge in [0.15, 0.2) is 23.0 Å². The fraction of sp³-hybridized carbons (Fsp3) is 0.391. The van der Waals surface area contributed by atoms with Crippen LogP contribution in [0.25, 0.3) is 11.8 Å². The molecule has 1 unspecified atom stereocenters. The molecular weight excluding hydrogens is 386 g/mol. The molecule has 2 aromatic carbocycles. The van der Waals surface area contributed by atoms with Crippen molar-refractivity contribution in [2.24, 2.45) is 0 Å². The summed E-state index contributed by atoms with van der Waals surface area (Å²) in [6.45, 7) is 0.601. The molecule has 0 spiro atoms. The first-order valence-corrected chi connectivity index (χ1v) is 9.68. The molecule has 30 heavy (non-hydrogen) atoms. The van der Waals surface area contributed by atoms with Gasteiger partial charge in [0.1, 0.15) is 12.0 Å². The second-order valence-electron chi connectivity index (χ2n) is 7.12. The van der Waals surface area contributed by atoms with Crippen molar-refractivity contribution in [3.63, 3.8) is 0 Å². The van der Waals surface area contributed by atoms with E-state index < -0.39 is 0 Å². The quantitative estimate of drug-likeness (QED) is 0.718. The largest absolute Gasteiger partial charge is 0.496 e. The van der Waals surface area contributed by atoms with E-state index in [1.165, 1.54) is 0 Å². The normalized spacial score (nSPS) is 16.7. The lowest BCUT2D eigenvalue weighted by Gasteiger charge is -2.42. The molecule has 0 fully saturated rings. The molecule has 2 aromatic rings. The predicted octanol–water partition coefficient (Wildman–Crippen LogP) is 3.57. The van der Waals surface area contributed by atoms with E-state index in [1.54, 1.807) is 42.7 Å². The van der Waals surface area contributed by atoms with Crippen LogP contribution in [-0.2, 0) is 17.7 Å². The first-order valence-electron chi connectivity index (χ1n) is 9.68. The summed E-state index contributed by atoms with van der Waals surface area (Å²) in [5, 5.41) is 0. The summed E-state index contributed by atoms with van der Waals surface area (Å²) in [6.07, 6.45) is 2.72. The number of rotatable bonds is 6. The zero-order chi connectivity index (χ0) is 21.4. The van der Waals surface area contributed by atoms with E-state index in [2.05, 4.69) is 11.0 Å². The maximum absolute atomic E-state index is 5.86. The van der Waals surface area contributed by atoms with E-state index in [9.17, 15) is 0 Å². The Morgan fingerprint density at radius 1 is 0.767 bits per heavy atom. The van der Waals surface area contributed by atoms with E-state index in [0.29, 0.717) is 29.5 Å². The minimum atomic E-state index is -0.128. The van der Waals surface area contributed by atoms with Gasteiger partial charge in [-0.2, -0.15) is 0 Å². The Morgan fingerprint density at radius 3 is 2.03 bits per heavy atom. The molecule has 0 bridgehead atoms. The van der Waals surface area contributed by atoms with Crippen LogP contribution in [-0.4, -0.2) is 53.8 Å². The standard InChI is InChI=1S/C23H27NO6/c1-25-18-11-21(28-4)23(30-6)16-12-24-17(9-15(16)18)14-10-20(27-3)19(26-2)7-13(14)8-22(24)29-5/h7,9-11,22H,8,12H2,1-6H3. The van der Waals surface area contributed by atoms with Gasteiger partial charge in [0, 0.05) is 42.0 Å². The van der Waals surface area contributed by atoms with Gasteiger partial charge in [0.2, 0.25) is 0 Å². The average Bonchev–Trinajstić information content (AvgIpc) is 2.80. The SMILES string of the molecule is COc1cc2c(cc1OC)C1=Cc3c(OC)cc(OC)c(OC)c3CN1C(OC)C2. The van der Waals surface area contributed by atoms with Crippen molar-refractivity contribution in [1.29, 1.82) is 0 Å². The zero-order valence-corrected chi connectivity index (χ0v) is 18.2. The van der Waals surface area contributed by atoms with E-state index in [1.807, 2.05) is 18.2 Å². The zero-order valence-electron chi connectivity index (χ0n) is 18.2. The number of hydrogen-bond acceptors (Lipinski definition) is 7. The van der Waals surface area contributed by atoms with Crippen molar-refractivity contribution in [3.05, 3.63) is 40.5 Å². The molecule has 7 nitrogen and oxygen atoms in total. The molecule has 0 aromatic heterocycles. The smallest absolute Gasteiger partial charge is 0.166 e. The van der Waals surface area contributed by atoms with Crippen LogP contribution >= 0.6 is 0 Å². The van der Waals surface area contributed by atoms with Crippen LogP contribution in [0, 0.1) is 0 Å². The lowest BCUT2D eigenvalue weighted by atomic mass is 9.88. The maximum Gasteiger partial charge on any atom is 0.166 e. The van der Waals surface area contributed by atoms with Crippen LogP contribution in [0.4, 0.5) is 0 Å². The first-order chi connectivity index (χ1) is 14.6. The van der Waals surface area contributed by atoms with Gasteiger partial charge in [0.05, 0.1) is 42.1 Å². The lowest BCUT2D eigenvalue weighted by molar-refractivity contribution is -0.00660. The molecule has 0 saturated carbocycles. The summed E-state index contributed by atoms with van der Waals surface area (Å²) < 4.78 is 33.8. The summed E-state index contributed by atoms with van der Waals surface area (Å²) in [5.41, 5.74) is 5.25. The highest BCUT2D eigenvalue weighted by atomic mass is 16.5. The van der Waals surface area contributed by atoms with Crippen molar-refractivity contribution in [2.75, 3.05) is 42.7 Å². The minimum absolute atomic E-state index is 0.128. The Morgan fingerprint density at radius 2 is 1.43 bits per heavy atom. The van der Waals surface area contributed by atoms with Gasteiger partial charge in [-0.25, -0.2) is 0 Å². The molecule has 2 aliphatic rings. The van der Waals surface area contributed by atoms with Crippen LogP contribution in [0.1, 0.15) is 22.3 Å². The molecular formula is C23H27NO6. The van der Waals surface area contributed by atoms with Crippen LogP contribution in [0.5, 0.6) is 28.7 Å². The Balaban J connectivity index is 1.97. The van der Waals surface area contributed by atoms with E-state index >= 15 is 0 Å². The number of benzene rings is 2. The Bertz CT molecular complexity index is 1000. The van der Waals surface area contributed by atoms with Crippen LogP contribution < -0.4 is 23.7 Å². The van der Waals surface area contributed by atoms with Gasteiger partial charge in [-0.15, -0.1) is 0 Å². The molecule has 7 heteroatoms. The van der Waals surface area contributed by atoms with Gasteiger partial charge in [-0.1, -0.05) is 0 Å². The molecule has 0 radical (unpaired) electrons. The number of methoxy groups -OCH3 is 6. The molecule has 0 saturated heterocycles. The van der Waals surface area contributed by atoms with Gasteiger partial charge in [-0.05, 0) is 23.8 Å². The molecule has 2 aliphatic heterocycles. The monoisotopic (exact) mass is 413 g/mol. The third-order valence-electron chi connectivity index (χ3n) is 5.81. The van der Waals surface area contributed by atoms with Crippen molar-refractivity contribution < 1.29 is 28.4 Å². The molecule has 0 amide bonds. The fourth-order valence-electron chi connectivity index (χ4n) is 4.34. The van der Waals surface area contributed by atoms with Gasteiger partial charge in [0.25, 0.3) is 0 Å². The lowest BCUT2D eigenvalue weighted by Crippen LogP contribution is -2.41. The topological polar surface area (TPSA) is 58.6 Å². The van der Waals surface area contributed by atoms with E-state index in [0.717, 1.165) is 40.1 Å². The van der Waals surface area contributed by atoms with Gasteiger partial charge >= 0.3 is 0 Å². The van der Waals surface area contributed by atoms with Gasteiger partial charge in [-0.3, -0.25) is 0 Å². The molecule has 2 heterocycles. The Kier molecular flexibility index (Phi) is 5.39. The summed E-state index contributed by atoms with van der Waals surface area (Å²) >= 11 is 0. The molecule has 4 rings (SSSR count). The van der Waals surface area contributed by atoms with Crippen molar-refractivity contribution >= 4 is 11.8 Å². The van der Waals surface area contributed by atoms with Crippen molar-refractivity contribution in [1.82, 2.24) is 4.90 Å². The highest BCUT2D eigenvalue weighted by molar-refractivity contribution is 5.89. The number of ether oxygens (including phenoxy) is 6. The van der Waals surface area contributed by atoms with Gasteiger partial charge < -0.3 is 33.3 Å². The maximum atomic E-state index is 5.86. The van der Waals surface area contributed by atoms with Crippen molar-refractivity contribution in [3.8, 4) is 28.7 Å².